The minimum atomic E-state index is -0.0919. The number of fused-ring (bicyclic) bond motifs is 1. The predicted molar refractivity (Wildman–Crippen MR) is 83.1 cm³/mol. The third-order valence-corrected chi connectivity index (χ3v) is 5.57. The van der Waals surface area contributed by atoms with Gasteiger partial charge in [-0.1, -0.05) is 22.9 Å². The van der Waals surface area contributed by atoms with Gasteiger partial charge in [0.15, 0.2) is 0 Å². The normalized spacial score (nSPS) is 31.5. The van der Waals surface area contributed by atoms with Crippen molar-refractivity contribution in [1.82, 2.24) is 10.2 Å². The number of hydrogen-bond acceptors (Lipinski definition) is 2. The Hall–Kier alpha value is -0.450. The molecule has 2 saturated heterocycles. The van der Waals surface area contributed by atoms with Crippen LogP contribution in [0.2, 0.25) is 0 Å². The van der Waals surface area contributed by atoms with E-state index in [0.29, 0.717) is 6.04 Å². The summed E-state index contributed by atoms with van der Waals surface area (Å²) < 4.78 is 15.1. The maximum Gasteiger partial charge on any atom is 0.128 e. The lowest BCUT2D eigenvalue weighted by Gasteiger charge is -2.33. The maximum atomic E-state index is 14.1. The number of likely N-dealkylation sites (tertiary alicyclic amines) is 1. The van der Waals surface area contributed by atoms with Crippen molar-refractivity contribution in [2.45, 2.75) is 32.4 Å². The van der Waals surface area contributed by atoms with Crippen LogP contribution in [0.3, 0.4) is 0 Å². The molecule has 0 aromatic heterocycles. The largest absolute Gasteiger partial charge is 0.316 e. The highest BCUT2D eigenvalue weighted by Crippen LogP contribution is 2.40. The maximum absolute atomic E-state index is 14.1. The zero-order valence-electron chi connectivity index (χ0n) is 12.1. The van der Waals surface area contributed by atoms with Gasteiger partial charge in [-0.15, -0.1) is 0 Å². The highest BCUT2D eigenvalue weighted by molar-refractivity contribution is 9.10. The molecule has 0 aliphatic carbocycles. The summed E-state index contributed by atoms with van der Waals surface area (Å²) in [6.07, 6.45) is 1.14. The van der Waals surface area contributed by atoms with Crippen molar-refractivity contribution in [1.29, 1.82) is 0 Å². The van der Waals surface area contributed by atoms with E-state index in [9.17, 15) is 4.39 Å². The number of benzene rings is 1. The molecule has 2 nitrogen and oxygen atoms in total. The SMILES string of the molecule is CCC1C2CNCC2CN1C(C)c1cc(Br)ccc1F. The summed E-state index contributed by atoms with van der Waals surface area (Å²) in [5, 5.41) is 3.50. The van der Waals surface area contributed by atoms with E-state index in [1.807, 2.05) is 6.07 Å². The number of hydrogen-bond donors (Lipinski definition) is 1. The fourth-order valence-corrected chi connectivity index (χ4v) is 4.43. The Morgan fingerprint density at radius 3 is 3.00 bits per heavy atom. The summed E-state index contributed by atoms with van der Waals surface area (Å²) >= 11 is 3.46. The zero-order valence-corrected chi connectivity index (χ0v) is 13.7. The van der Waals surface area contributed by atoms with E-state index < -0.39 is 0 Å². The Labute approximate surface area is 128 Å². The smallest absolute Gasteiger partial charge is 0.128 e. The van der Waals surface area contributed by atoms with Crippen molar-refractivity contribution in [2.24, 2.45) is 11.8 Å². The molecule has 0 amide bonds. The van der Waals surface area contributed by atoms with Crippen LogP contribution in [0, 0.1) is 17.7 Å². The van der Waals surface area contributed by atoms with Crippen LogP contribution in [0.4, 0.5) is 4.39 Å². The fraction of sp³-hybridized carbons (Fsp3) is 0.625. The molecular weight excluding hydrogens is 319 g/mol. The topological polar surface area (TPSA) is 15.3 Å². The minimum absolute atomic E-state index is 0.0919. The first-order valence-electron chi connectivity index (χ1n) is 7.53. The molecule has 2 heterocycles. The van der Waals surface area contributed by atoms with Gasteiger partial charge in [-0.3, -0.25) is 4.90 Å². The van der Waals surface area contributed by atoms with Crippen LogP contribution in [0.25, 0.3) is 0 Å². The molecule has 4 unspecified atom stereocenters. The van der Waals surface area contributed by atoms with Gasteiger partial charge < -0.3 is 5.32 Å². The van der Waals surface area contributed by atoms with Crippen molar-refractivity contribution >= 4 is 15.9 Å². The van der Waals surface area contributed by atoms with Gasteiger partial charge in [0, 0.05) is 28.7 Å². The Bertz CT molecular complexity index is 493. The van der Waals surface area contributed by atoms with Gasteiger partial charge in [-0.2, -0.15) is 0 Å². The number of nitrogens with zero attached hydrogens (tertiary/aromatic N) is 1. The summed E-state index contributed by atoms with van der Waals surface area (Å²) in [7, 11) is 0. The molecule has 1 aromatic carbocycles. The quantitative estimate of drug-likeness (QED) is 0.904. The second-order valence-electron chi connectivity index (χ2n) is 6.10. The van der Waals surface area contributed by atoms with Crippen LogP contribution in [0.15, 0.2) is 22.7 Å². The molecule has 0 bridgehead atoms. The molecule has 0 spiro atoms. The lowest BCUT2D eigenvalue weighted by Crippen LogP contribution is -2.37. The van der Waals surface area contributed by atoms with Crippen LogP contribution in [0.1, 0.15) is 31.9 Å². The molecule has 20 heavy (non-hydrogen) atoms. The molecule has 3 rings (SSSR count). The molecule has 0 saturated carbocycles. The fourth-order valence-electron chi connectivity index (χ4n) is 4.05. The Balaban J connectivity index is 1.86. The van der Waals surface area contributed by atoms with Crippen molar-refractivity contribution < 1.29 is 4.39 Å². The van der Waals surface area contributed by atoms with E-state index >= 15 is 0 Å². The third-order valence-electron chi connectivity index (χ3n) is 5.08. The average molecular weight is 341 g/mol. The standard InChI is InChI=1S/C16H22BrFN2/c1-3-16-14-8-19-7-11(14)9-20(16)10(2)13-6-12(17)4-5-15(13)18/h4-6,10-11,14,16,19H,3,7-9H2,1-2H3. The molecular formula is C16H22BrFN2. The molecule has 1 N–H and O–H groups in total. The van der Waals surface area contributed by atoms with Crippen LogP contribution in [-0.2, 0) is 0 Å². The predicted octanol–water partition coefficient (Wildman–Crippen LogP) is 3.58. The van der Waals surface area contributed by atoms with Gasteiger partial charge in [0.2, 0.25) is 0 Å². The van der Waals surface area contributed by atoms with Gasteiger partial charge in [-0.25, -0.2) is 4.39 Å². The summed E-state index contributed by atoms with van der Waals surface area (Å²) in [6, 6.07) is 5.98. The summed E-state index contributed by atoms with van der Waals surface area (Å²) in [4.78, 5) is 2.51. The van der Waals surface area contributed by atoms with E-state index in [1.165, 1.54) is 0 Å². The van der Waals surface area contributed by atoms with Crippen molar-refractivity contribution in [3.8, 4) is 0 Å². The van der Waals surface area contributed by atoms with E-state index in [-0.39, 0.29) is 11.9 Å². The second-order valence-corrected chi connectivity index (χ2v) is 7.01. The highest BCUT2D eigenvalue weighted by Gasteiger charge is 2.45. The van der Waals surface area contributed by atoms with Crippen LogP contribution < -0.4 is 5.32 Å². The molecule has 2 aliphatic heterocycles. The molecule has 2 aliphatic rings. The van der Waals surface area contributed by atoms with Crippen LogP contribution in [-0.4, -0.2) is 30.6 Å². The molecule has 2 fully saturated rings. The number of halogens is 2. The number of rotatable bonds is 3. The highest BCUT2D eigenvalue weighted by atomic mass is 79.9. The van der Waals surface area contributed by atoms with Gasteiger partial charge in [0.05, 0.1) is 0 Å². The summed E-state index contributed by atoms with van der Waals surface area (Å²) in [5.41, 5.74) is 0.811. The Morgan fingerprint density at radius 2 is 2.25 bits per heavy atom. The average Bonchev–Trinajstić information content (AvgIpc) is 3.00. The lowest BCUT2D eigenvalue weighted by molar-refractivity contribution is 0.162. The number of nitrogens with one attached hydrogen (secondary N) is 1. The van der Waals surface area contributed by atoms with Gasteiger partial charge >= 0.3 is 0 Å². The molecule has 110 valence electrons. The van der Waals surface area contributed by atoms with E-state index in [4.69, 9.17) is 0 Å². The zero-order chi connectivity index (χ0) is 14.3. The molecule has 4 atom stereocenters. The second kappa shape index (κ2) is 5.74. The molecule has 4 heteroatoms. The first kappa shape index (κ1) is 14.5. The Morgan fingerprint density at radius 1 is 1.45 bits per heavy atom. The minimum Gasteiger partial charge on any atom is -0.316 e. The first-order valence-corrected chi connectivity index (χ1v) is 8.32. The molecule has 1 aromatic rings. The van der Waals surface area contributed by atoms with Gasteiger partial charge in [-0.05, 0) is 56.5 Å². The van der Waals surface area contributed by atoms with Crippen molar-refractivity contribution in [2.75, 3.05) is 19.6 Å². The third kappa shape index (κ3) is 2.42. The first-order chi connectivity index (χ1) is 9.61. The van der Waals surface area contributed by atoms with E-state index in [2.05, 4.69) is 40.0 Å². The summed E-state index contributed by atoms with van der Waals surface area (Å²) in [6.45, 7) is 7.71. The summed E-state index contributed by atoms with van der Waals surface area (Å²) in [5.74, 6) is 1.38. The van der Waals surface area contributed by atoms with Crippen LogP contribution in [0.5, 0.6) is 0 Å². The monoisotopic (exact) mass is 340 g/mol. The van der Waals surface area contributed by atoms with Crippen LogP contribution >= 0.6 is 15.9 Å². The molecule has 0 radical (unpaired) electrons. The van der Waals surface area contributed by atoms with E-state index in [0.717, 1.165) is 47.9 Å². The van der Waals surface area contributed by atoms with Crippen molar-refractivity contribution in [3.63, 3.8) is 0 Å². The van der Waals surface area contributed by atoms with Crippen molar-refractivity contribution in [3.05, 3.63) is 34.1 Å². The lowest BCUT2D eigenvalue weighted by atomic mass is 9.92. The van der Waals surface area contributed by atoms with Gasteiger partial charge in [0.25, 0.3) is 0 Å². The van der Waals surface area contributed by atoms with E-state index in [1.54, 1.807) is 12.1 Å². The van der Waals surface area contributed by atoms with Gasteiger partial charge in [0.1, 0.15) is 5.82 Å². The Kier molecular flexibility index (Phi) is 4.16.